The lowest BCUT2D eigenvalue weighted by Crippen LogP contribution is -2.07. The van der Waals surface area contributed by atoms with Crippen molar-refractivity contribution >= 4 is 27.7 Å². The number of rotatable bonds is 3. The van der Waals surface area contributed by atoms with Gasteiger partial charge in [0.25, 0.3) is 0 Å². The topological polar surface area (TPSA) is 22.1 Å². The Balaban J connectivity index is 1.85. The Labute approximate surface area is 96.6 Å². The maximum atomic E-state index is 5.54. The first-order chi connectivity index (χ1) is 6.84. The fraction of sp³-hybridized carbons (Fsp3) is 0.500. The van der Waals surface area contributed by atoms with Crippen molar-refractivity contribution in [1.29, 1.82) is 0 Å². The number of pyridine rings is 1. The van der Waals surface area contributed by atoms with Crippen molar-refractivity contribution in [3.63, 3.8) is 0 Å². The van der Waals surface area contributed by atoms with Crippen LogP contribution in [-0.2, 0) is 4.74 Å². The number of aromatic nitrogens is 1. The Morgan fingerprint density at radius 2 is 2.50 bits per heavy atom. The van der Waals surface area contributed by atoms with E-state index in [1.165, 1.54) is 12.8 Å². The van der Waals surface area contributed by atoms with Crippen LogP contribution in [0.4, 0.5) is 0 Å². The quantitative estimate of drug-likeness (QED) is 0.624. The smallest absolute Gasteiger partial charge is 0.107 e. The largest absolute Gasteiger partial charge is 0.377 e. The van der Waals surface area contributed by atoms with E-state index in [9.17, 15) is 0 Å². The van der Waals surface area contributed by atoms with Crippen molar-refractivity contribution in [2.75, 3.05) is 12.4 Å². The molecule has 0 N–H and O–H groups in total. The molecule has 0 amide bonds. The minimum Gasteiger partial charge on any atom is -0.377 e. The number of thioether (sulfide) groups is 1. The first-order valence-electron chi connectivity index (χ1n) is 4.71. The molecule has 4 heteroatoms. The van der Waals surface area contributed by atoms with E-state index in [1.54, 1.807) is 11.8 Å². The van der Waals surface area contributed by atoms with Crippen LogP contribution in [0.2, 0.25) is 0 Å². The highest BCUT2D eigenvalue weighted by atomic mass is 79.9. The van der Waals surface area contributed by atoms with Gasteiger partial charge in [-0.15, -0.1) is 11.8 Å². The molecule has 1 saturated heterocycles. The third kappa shape index (κ3) is 2.97. The molecule has 1 aliphatic rings. The summed E-state index contributed by atoms with van der Waals surface area (Å²) in [7, 11) is 0. The zero-order valence-electron chi connectivity index (χ0n) is 7.78. The van der Waals surface area contributed by atoms with Crippen LogP contribution < -0.4 is 0 Å². The molecule has 0 aliphatic carbocycles. The van der Waals surface area contributed by atoms with E-state index in [2.05, 4.69) is 20.9 Å². The zero-order valence-corrected chi connectivity index (χ0v) is 10.2. The van der Waals surface area contributed by atoms with Crippen LogP contribution in [0.3, 0.4) is 0 Å². The SMILES string of the molecule is Brc1cccc(SCC2CCCO2)n1. The highest BCUT2D eigenvalue weighted by molar-refractivity contribution is 9.10. The van der Waals surface area contributed by atoms with E-state index in [4.69, 9.17) is 4.74 Å². The van der Waals surface area contributed by atoms with Crippen LogP contribution in [0.15, 0.2) is 27.8 Å². The van der Waals surface area contributed by atoms with Gasteiger partial charge >= 0.3 is 0 Å². The van der Waals surface area contributed by atoms with Crippen molar-refractivity contribution in [2.24, 2.45) is 0 Å². The second-order valence-corrected chi connectivity index (χ2v) is 5.10. The van der Waals surface area contributed by atoms with Crippen LogP contribution >= 0.6 is 27.7 Å². The van der Waals surface area contributed by atoms with Gasteiger partial charge in [0.1, 0.15) is 4.60 Å². The molecule has 76 valence electrons. The number of ether oxygens (including phenoxy) is 1. The molecule has 1 aromatic heterocycles. The molecule has 14 heavy (non-hydrogen) atoms. The van der Waals surface area contributed by atoms with Gasteiger partial charge in [-0.3, -0.25) is 0 Å². The number of hydrogen-bond acceptors (Lipinski definition) is 3. The van der Waals surface area contributed by atoms with E-state index in [0.717, 1.165) is 22.0 Å². The molecule has 0 spiro atoms. The number of halogens is 1. The van der Waals surface area contributed by atoms with E-state index >= 15 is 0 Å². The number of hydrogen-bond donors (Lipinski definition) is 0. The molecule has 1 fully saturated rings. The van der Waals surface area contributed by atoms with Gasteiger partial charge in [0, 0.05) is 12.4 Å². The van der Waals surface area contributed by atoms with Gasteiger partial charge in [0.05, 0.1) is 11.1 Å². The van der Waals surface area contributed by atoms with E-state index in [1.807, 2.05) is 18.2 Å². The minimum atomic E-state index is 0.431. The second-order valence-electron chi connectivity index (χ2n) is 3.24. The third-order valence-electron chi connectivity index (χ3n) is 2.13. The molecule has 1 aliphatic heterocycles. The Morgan fingerprint density at radius 1 is 1.57 bits per heavy atom. The lowest BCUT2D eigenvalue weighted by molar-refractivity contribution is 0.129. The summed E-state index contributed by atoms with van der Waals surface area (Å²) in [6.07, 6.45) is 2.83. The van der Waals surface area contributed by atoms with Gasteiger partial charge in [-0.1, -0.05) is 6.07 Å². The summed E-state index contributed by atoms with van der Waals surface area (Å²) in [5, 5.41) is 1.06. The van der Waals surface area contributed by atoms with Crippen LogP contribution in [0.5, 0.6) is 0 Å². The second kappa shape index (κ2) is 5.14. The molecule has 1 aromatic rings. The Bertz CT molecular complexity index is 302. The first kappa shape index (κ1) is 10.5. The highest BCUT2D eigenvalue weighted by Crippen LogP contribution is 2.23. The van der Waals surface area contributed by atoms with E-state index < -0.39 is 0 Å². The van der Waals surface area contributed by atoms with E-state index in [0.29, 0.717) is 6.10 Å². The monoisotopic (exact) mass is 273 g/mol. The molecule has 2 heterocycles. The van der Waals surface area contributed by atoms with Gasteiger partial charge in [-0.25, -0.2) is 4.98 Å². The molecule has 0 bridgehead atoms. The molecule has 1 atom stereocenters. The summed E-state index contributed by atoms with van der Waals surface area (Å²) < 4.78 is 6.44. The van der Waals surface area contributed by atoms with Gasteiger partial charge in [0.15, 0.2) is 0 Å². The normalized spacial score (nSPS) is 21.4. The Morgan fingerprint density at radius 3 is 3.21 bits per heavy atom. The predicted molar refractivity (Wildman–Crippen MR) is 61.6 cm³/mol. The molecule has 0 aromatic carbocycles. The van der Waals surface area contributed by atoms with Crippen molar-refractivity contribution < 1.29 is 4.74 Å². The Kier molecular flexibility index (Phi) is 3.84. The molecule has 1 unspecified atom stereocenters. The summed E-state index contributed by atoms with van der Waals surface area (Å²) in [5.74, 6) is 1.02. The van der Waals surface area contributed by atoms with Gasteiger partial charge in [0.2, 0.25) is 0 Å². The van der Waals surface area contributed by atoms with Crippen molar-refractivity contribution in [3.8, 4) is 0 Å². The average molecular weight is 274 g/mol. The lowest BCUT2D eigenvalue weighted by Gasteiger charge is -2.07. The van der Waals surface area contributed by atoms with Crippen LogP contribution in [0, 0.1) is 0 Å². The van der Waals surface area contributed by atoms with Crippen LogP contribution in [-0.4, -0.2) is 23.4 Å². The van der Waals surface area contributed by atoms with Crippen molar-refractivity contribution in [1.82, 2.24) is 4.98 Å². The highest BCUT2D eigenvalue weighted by Gasteiger charge is 2.15. The zero-order chi connectivity index (χ0) is 9.80. The van der Waals surface area contributed by atoms with Crippen LogP contribution in [0.25, 0.3) is 0 Å². The third-order valence-corrected chi connectivity index (χ3v) is 3.63. The average Bonchev–Trinajstić information content (AvgIpc) is 2.67. The summed E-state index contributed by atoms with van der Waals surface area (Å²) in [6.45, 7) is 0.928. The standard InChI is InChI=1S/C10H12BrNOS/c11-9-4-1-5-10(12-9)14-7-8-3-2-6-13-8/h1,4-5,8H,2-3,6-7H2. The van der Waals surface area contributed by atoms with E-state index in [-0.39, 0.29) is 0 Å². The molecule has 0 radical (unpaired) electrons. The summed E-state index contributed by atoms with van der Waals surface area (Å²) in [4.78, 5) is 4.36. The lowest BCUT2D eigenvalue weighted by atomic mass is 10.3. The van der Waals surface area contributed by atoms with Gasteiger partial charge < -0.3 is 4.74 Å². The molecule has 0 saturated carbocycles. The van der Waals surface area contributed by atoms with Gasteiger partial charge in [-0.2, -0.15) is 0 Å². The molecular weight excluding hydrogens is 262 g/mol. The van der Waals surface area contributed by atoms with Crippen LogP contribution in [0.1, 0.15) is 12.8 Å². The van der Waals surface area contributed by atoms with Crippen molar-refractivity contribution in [2.45, 2.75) is 24.0 Å². The fourth-order valence-corrected chi connectivity index (χ4v) is 2.84. The number of nitrogens with zero attached hydrogens (tertiary/aromatic N) is 1. The summed E-state index contributed by atoms with van der Waals surface area (Å²) in [6, 6.07) is 5.98. The fourth-order valence-electron chi connectivity index (χ4n) is 1.42. The van der Waals surface area contributed by atoms with Gasteiger partial charge in [-0.05, 0) is 40.9 Å². The minimum absolute atomic E-state index is 0.431. The summed E-state index contributed by atoms with van der Waals surface area (Å²) in [5.41, 5.74) is 0. The predicted octanol–water partition coefficient (Wildman–Crippen LogP) is 3.12. The van der Waals surface area contributed by atoms with Crippen molar-refractivity contribution in [3.05, 3.63) is 22.8 Å². The molecule has 2 rings (SSSR count). The maximum Gasteiger partial charge on any atom is 0.107 e. The Hall–Kier alpha value is -0.0600. The summed E-state index contributed by atoms with van der Waals surface area (Å²) >= 11 is 5.13. The molecule has 2 nitrogen and oxygen atoms in total. The molecular formula is C10H12BrNOS. The maximum absolute atomic E-state index is 5.54. The first-order valence-corrected chi connectivity index (χ1v) is 6.49.